The number of hydrogen-bond acceptors (Lipinski definition) is 5. The summed E-state index contributed by atoms with van der Waals surface area (Å²) in [6.45, 7) is 2.26. The van der Waals surface area contributed by atoms with Crippen molar-refractivity contribution in [3.8, 4) is 0 Å². The molecule has 0 spiro atoms. The third kappa shape index (κ3) is 4.42. The van der Waals surface area contributed by atoms with Gasteiger partial charge in [-0.05, 0) is 55.0 Å². The molecule has 172 valence electrons. The highest BCUT2D eigenvalue weighted by molar-refractivity contribution is 6.30. The largest absolute Gasteiger partial charge is 0.451 e. The van der Waals surface area contributed by atoms with Gasteiger partial charge in [-0.15, -0.1) is 0 Å². The minimum Gasteiger partial charge on any atom is -0.451 e. The Kier molecular flexibility index (Phi) is 6.09. The Morgan fingerprint density at radius 1 is 1.21 bits per heavy atom. The molecule has 0 bridgehead atoms. The first-order valence-corrected chi connectivity index (χ1v) is 10.7. The van der Waals surface area contributed by atoms with Gasteiger partial charge in [-0.2, -0.15) is 0 Å². The van der Waals surface area contributed by atoms with Crippen LogP contribution < -0.4 is 15.5 Å². The van der Waals surface area contributed by atoms with Crippen LogP contribution in [-0.4, -0.2) is 41.5 Å². The molecule has 0 radical (unpaired) electrons. The second-order valence-electron chi connectivity index (χ2n) is 7.72. The third-order valence-corrected chi connectivity index (χ3v) is 5.64. The molecule has 10 heteroatoms. The molecule has 3 N–H and O–H groups in total. The minimum absolute atomic E-state index is 0.102. The number of furan rings is 1. The summed E-state index contributed by atoms with van der Waals surface area (Å²) in [5.74, 6) is -2.41. The molecule has 1 aliphatic heterocycles. The van der Waals surface area contributed by atoms with E-state index in [-0.39, 0.29) is 36.2 Å². The van der Waals surface area contributed by atoms with Crippen molar-refractivity contribution in [2.45, 2.75) is 25.5 Å². The first kappa shape index (κ1) is 22.8. The lowest BCUT2D eigenvalue weighted by molar-refractivity contribution is -0.149. The Hall–Kier alpha value is -3.43. The fraction of sp³-hybridized carbons (Fsp3) is 0.261. The van der Waals surface area contributed by atoms with E-state index < -0.39 is 23.2 Å². The first-order chi connectivity index (χ1) is 15.7. The zero-order chi connectivity index (χ0) is 23.8. The molecule has 4 rings (SSSR count). The molecule has 1 saturated heterocycles. The average molecular weight is 474 g/mol. The molecule has 1 aliphatic rings. The van der Waals surface area contributed by atoms with Crippen molar-refractivity contribution < 1.29 is 28.3 Å². The zero-order valence-electron chi connectivity index (χ0n) is 17.7. The van der Waals surface area contributed by atoms with Crippen LogP contribution in [0.3, 0.4) is 0 Å². The lowest BCUT2D eigenvalue weighted by Gasteiger charge is -2.22. The standard InChI is InChI=1S/C23H21ClFN3O5/c1-2-26-20(29)19-10-14-9-17(3-4-18(14)33-19)28-6-5-23(32,22(28)31)21(30)27-12-13-7-15(24)11-16(25)8-13/h3-4,7-11,32H,2,5-6,12H2,1H3,(H,26,29)(H,27,30)/t23-/m0/s1. The molecule has 2 aromatic carbocycles. The first-order valence-electron chi connectivity index (χ1n) is 10.3. The monoisotopic (exact) mass is 473 g/mol. The van der Waals surface area contributed by atoms with Crippen LogP contribution in [0.15, 0.2) is 46.9 Å². The predicted octanol–water partition coefficient (Wildman–Crippen LogP) is 2.76. The number of aliphatic hydroxyl groups is 1. The molecule has 1 atom stereocenters. The van der Waals surface area contributed by atoms with E-state index in [1.54, 1.807) is 31.2 Å². The molecule has 33 heavy (non-hydrogen) atoms. The van der Waals surface area contributed by atoms with E-state index in [2.05, 4.69) is 10.6 Å². The van der Waals surface area contributed by atoms with E-state index in [0.29, 0.717) is 28.8 Å². The molecular formula is C23H21ClFN3O5. The van der Waals surface area contributed by atoms with Gasteiger partial charge in [0.2, 0.25) is 5.60 Å². The molecule has 0 aliphatic carbocycles. The van der Waals surface area contributed by atoms with E-state index in [0.717, 1.165) is 6.07 Å². The number of rotatable bonds is 6. The highest BCUT2D eigenvalue weighted by Crippen LogP contribution is 2.32. The summed E-state index contributed by atoms with van der Waals surface area (Å²) in [6, 6.07) is 10.3. The van der Waals surface area contributed by atoms with E-state index in [1.807, 2.05) is 0 Å². The molecule has 3 aromatic rings. The van der Waals surface area contributed by atoms with Gasteiger partial charge in [0.05, 0.1) is 0 Å². The molecule has 3 amide bonds. The number of benzene rings is 2. The Morgan fingerprint density at radius 3 is 2.73 bits per heavy atom. The molecule has 0 saturated carbocycles. The van der Waals surface area contributed by atoms with Crippen molar-refractivity contribution in [2.75, 3.05) is 18.0 Å². The zero-order valence-corrected chi connectivity index (χ0v) is 18.4. The number of nitrogens with zero attached hydrogens (tertiary/aromatic N) is 1. The summed E-state index contributed by atoms with van der Waals surface area (Å²) in [5.41, 5.74) is -0.938. The molecule has 1 aromatic heterocycles. The Bertz CT molecular complexity index is 1240. The van der Waals surface area contributed by atoms with Gasteiger partial charge in [0.25, 0.3) is 17.7 Å². The van der Waals surface area contributed by atoms with Crippen LogP contribution in [0.2, 0.25) is 5.02 Å². The van der Waals surface area contributed by atoms with Crippen molar-refractivity contribution >= 4 is 46.0 Å². The molecule has 8 nitrogen and oxygen atoms in total. The van der Waals surface area contributed by atoms with E-state index in [9.17, 15) is 23.9 Å². The number of carbonyl (C=O) groups excluding carboxylic acids is 3. The number of carbonyl (C=O) groups is 3. The van der Waals surface area contributed by atoms with E-state index in [1.165, 1.54) is 17.0 Å². The van der Waals surface area contributed by atoms with Gasteiger partial charge in [0.1, 0.15) is 11.4 Å². The third-order valence-electron chi connectivity index (χ3n) is 5.42. The smallest absolute Gasteiger partial charge is 0.287 e. The number of halogens is 2. The second-order valence-corrected chi connectivity index (χ2v) is 8.16. The van der Waals surface area contributed by atoms with Crippen LogP contribution in [0.5, 0.6) is 0 Å². The maximum atomic E-state index is 13.5. The summed E-state index contributed by atoms with van der Waals surface area (Å²) < 4.78 is 19.0. The maximum Gasteiger partial charge on any atom is 0.287 e. The van der Waals surface area contributed by atoms with Crippen molar-refractivity contribution in [1.82, 2.24) is 10.6 Å². The number of hydrogen-bond donors (Lipinski definition) is 3. The van der Waals surface area contributed by atoms with Crippen molar-refractivity contribution in [3.05, 3.63) is 64.6 Å². The highest BCUT2D eigenvalue weighted by atomic mass is 35.5. The summed E-state index contributed by atoms with van der Waals surface area (Å²) >= 11 is 5.81. The van der Waals surface area contributed by atoms with Gasteiger partial charge in [0.15, 0.2) is 5.76 Å². The highest BCUT2D eigenvalue weighted by Gasteiger charge is 2.51. The maximum absolute atomic E-state index is 13.5. The summed E-state index contributed by atoms with van der Waals surface area (Å²) in [5, 5.41) is 16.7. The molecule has 2 heterocycles. The normalized spacial score (nSPS) is 18.1. The van der Waals surface area contributed by atoms with Crippen molar-refractivity contribution in [1.29, 1.82) is 0 Å². The van der Waals surface area contributed by atoms with Gasteiger partial charge >= 0.3 is 0 Å². The lowest BCUT2D eigenvalue weighted by Crippen LogP contribution is -2.52. The van der Waals surface area contributed by atoms with Crippen LogP contribution >= 0.6 is 11.6 Å². The molecular weight excluding hydrogens is 453 g/mol. The lowest BCUT2D eigenvalue weighted by atomic mass is 10.0. The Morgan fingerprint density at radius 2 is 2.00 bits per heavy atom. The van der Waals surface area contributed by atoms with Crippen LogP contribution in [-0.2, 0) is 16.1 Å². The Labute approximate surface area is 193 Å². The van der Waals surface area contributed by atoms with Crippen LogP contribution in [0.25, 0.3) is 11.0 Å². The van der Waals surface area contributed by atoms with Gasteiger partial charge in [0, 0.05) is 42.2 Å². The fourth-order valence-corrected chi connectivity index (χ4v) is 4.01. The SMILES string of the molecule is CCNC(=O)c1cc2cc(N3CC[C@](O)(C(=O)NCc4cc(F)cc(Cl)c4)C3=O)ccc2o1. The Balaban J connectivity index is 1.49. The van der Waals surface area contributed by atoms with Crippen LogP contribution in [0.4, 0.5) is 10.1 Å². The van der Waals surface area contributed by atoms with Gasteiger partial charge in [-0.3, -0.25) is 14.4 Å². The molecule has 1 fully saturated rings. The number of amides is 3. The second kappa shape index (κ2) is 8.84. The van der Waals surface area contributed by atoms with Crippen LogP contribution in [0, 0.1) is 5.82 Å². The van der Waals surface area contributed by atoms with Crippen molar-refractivity contribution in [3.63, 3.8) is 0 Å². The fourth-order valence-electron chi connectivity index (χ4n) is 3.76. The number of anilines is 1. The van der Waals surface area contributed by atoms with Gasteiger partial charge < -0.3 is 25.1 Å². The average Bonchev–Trinajstić information content (AvgIpc) is 3.33. The van der Waals surface area contributed by atoms with Crippen LogP contribution in [0.1, 0.15) is 29.5 Å². The van der Waals surface area contributed by atoms with Crippen molar-refractivity contribution in [2.24, 2.45) is 0 Å². The van der Waals surface area contributed by atoms with E-state index >= 15 is 0 Å². The van der Waals surface area contributed by atoms with E-state index in [4.69, 9.17) is 16.0 Å². The predicted molar refractivity (Wildman–Crippen MR) is 119 cm³/mol. The summed E-state index contributed by atoms with van der Waals surface area (Å²) in [6.07, 6.45) is -0.116. The van der Waals surface area contributed by atoms with Gasteiger partial charge in [-0.1, -0.05) is 11.6 Å². The quantitative estimate of drug-likeness (QED) is 0.477. The topological polar surface area (TPSA) is 112 Å². The summed E-state index contributed by atoms with van der Waals surface area (Å²) in [4.78, 5) is 38.9. The number of fused-ring (bicyclic) bond motifs is 1. The molecule has 0 unspecified atom stereocenters. The van der Waals surface area contributed by atoms with Gasteiger partial charge in [-0.25, -0.2) is 4.39 Å². The number of nitrogens with one attached hydrogen (secondary N) is 2. The minimum atomic E-state index is -2.26. The summed E-state index contributed by atoms with van der Waals surface area (Å²) in [7, 11) is 0.